The van der Waals surface area contributed by atoms with Crippen LogP contribution in [0.4, 0.5) is 4.79 Å². The number of carbonyl (C=O) groups excluding carboxylic acids is 1. The van der Waals surface area contributed by atoms with E-state index in [1.54, 1.807) is 4.90 Å². The second kappa shape index (κ2) is 7.53. The summed E-state index contributed by atoms with van der Waals surface area (Å²) in [6.07, 6.45) is 1.57. The van der Waals surface area contributed by atoms with Crippen molar-refractivity contribution in [2.45, 2.75) is 45.8 Å². The largest absolute Gasteiger partial charge is 0.387 e. The molecule has 2 amide bonds. The molecule has 0 aromatic heterocycles. The molecule has 0 saturated carbocycles. The van der Waals surface area contributed by atoms with Gasteiger partial charge in [0, 0.05) is 19.6 Å². The number of benzene rings is 1. The molecule has 0 spiro atoms. The summed E-state index contributed by atoms with van der Waals surface area (Å²) < 4.78 is 0. The van der Waals surface area contributed by atoms with Crippen LogP contribution in [0.15, 0.2) is 12.1 Å². The van der Waals surface area contributed by atoms with Gasteiger partial charge in [0.05, 0.1) is 12.1 Å². The molecule has 2 rings (SSSR count). The third kappa shape index (κ3) is 4.71. The number of carbonyl (C=O) groups is 1. The van der Waals surface area contributed by atoms with Gasteiger partial charge in [-0.05, 0) is 64.4 Å². The molecule has 0 bridgehead atoms. The number of urea groups is 1. The first kappa shape index (κ1) is 18.7. The molecule has 0 aliphatic carbocycles. The maximum absolute atomic E-state index is 12.5. The predicted octanol–water partition coefficient (Wildman–Crippen LogP) is 2.21. The van der Waals surface area contributed by atoms with Crippen LogP contribution in [-0.2, 0) is 6.54 Å². The molecule has 5 nitrogen and oxygen atoms in total. The molecule has 1 unspecified atom stereocenters. The normalized spacial score (nSPS) is 21.2. The number of piperidine rings is 1. The number of aryl methyl sites for hydroxylation is 3. The SMILES string of the molecule is Cc1cc(C)c(CNC(=O)N2CCCC(O)(CN(C)C)C2)c(C)c1. The van der Waals surface area contributed by atoms with Gasteiger partial charge in [0.15, 0.2) is 0 Å². The predicted molar refractivity (Wildman–Crippen MR) is 97.2 cm³/mol. The van der Waals surface area contributed by atoms with E-state index in [-0.39, 0.29) is 6.03 Å². The highest BCUT2D eigenvalue weighted by molar-refractivity contribution is 5.74. The lowest BCUT2D eigenvalue weighted by atomic mass is 9.92. The number of rotatable bonds is 4. The number of β-amino-alcohol motifs (C(OH)–C–C–N with tert-alkyl or cyclic N) is 1. The Hall–Kier alpha value is -1.59. The van der Waals surface area contributed by atoms with Gasteiger partial charge in [-0.1, -0.05) is 17.7 Å². The third-order valence-electron chi connectivity index (χ3n) is 4.71. The van der Waals surface area contributed by atoms with Gasteiger partial charge in [-0.25, -0.2) is 4.79 Å². The van der Waals surface area contributed by atoms with E-state index in [1.165, 1.54) is 22.3 Å². The van der Waals surface area contributed by atoms with Crippen LogP contribution >= 0.6 is 0 Å². The maximum Gasteiger partial charge on any atom is 0.317 e. The lowest BCUT2D eigenvalue weighted by Crippen LogP contribution is -2.56. The highest BCUT2D eigenvalue weighted by atomic mass is 16.3. The molecule has 2 N–H and O–H groups in total. The number of amides is 2. The lowest BCUT2D eigenvalue weighted by molar-refractivity contribution is -0.0347. The van der Waals surface area contributed by atoms with Gasteiger partial charge >= 0.3 is 6.03 Å². The van der Waals surface area contributed by atoms with Gasteiger partial charge in [0.25, 0.3) is 0 Å². The molecule has 134 valence electrons. The Bertz CT molecular complexity index is 577. The molecule has 24 heavy (non-hydrogen) atoms. The van der Waals surface area contributed by atoms with Gasteiger partial charge in [0.2, 0.25) is 0 Å². The molecule has 1 aliphatic rings. The summed E-state index contributed by atoms with van der Waals surface area (Å²) in [5, 5.41) is 13.7. The van der Waals surface area contributed by atoms with E-state index in [0.29, 0.717) is 26.2 Å². The average molecular weight is 333 g/mol. The first-order valence-electron chi connectivity index (χ1n) is 8.67. The molecule has 1 aliphatic heterocycles. The van der Waals surface area contributed by atoms with Crippen molar-refractivity contribution in [1.29, 1.82) is 0 Å². The van der Waals surface area contributed by atoms with E-state index in [0.717, 1.165) is 12.8 Å². The van der Waals surface area contributed by atoms with Crippen molar-refractivity contribution < 1.29 is 9.90 Å². The molecule has 1 atom stereocenters. The van der Waals surface area contributed by atoms with Crippen LogP contribution in [-0.4, -0.2) is 60.3 Å². The molecular formula is C19H31N3O2. The number of likely N-dealkylation sites (N-methyl/N-ethyl adjacent to an activating group) is 1. The second-order valence-corrected chi connectivity index (χ2v) is 7.52. The van der Waals surface area contributed by atoms with Crippen molar-refractivity contribution in [2.75, 3.05) is 33.7 Å². The summed E-state index contributed by atoms with van der Waals surface area (Å²) in [4.78, 5) is 16.2. The van der Waals surface area contributed by atoms with Crippen molar-refractivity contribution in [2.24, 2.45) is 0 Å². The van der Waals surface area contributed by atoms with Gasteiger partial charge < -0.3 is 20.2 Å². The molecule has 1 fully saturated rings. The fraction of sp³-hybridized carbons (Fsp3) is 0.632. The van der Waals surface area contributed by atoms with Gasteiger partial charge in [-0.15, -0.1) is 0 Å². The van der Waals surface area contributed by atoms with Crippen LogP contribution in [0.1, 0.15) is 35.1 Å². The third-order valence-corrected chi connectivity index (χ3v) is 4.71. The van der Waals surface area contributed by atoms with Gasteiger partial charge in [-0.2, -0.15) is 0 Å². The minimum Gasteiger partial charge on any atom is -0.387 e. The molecule has 5 heteroatoms. The summed E-state index contributed by atoms with van der Waals surface area (Å²) in [7, 11) is 3.89. The summed E-state index contributed by atoms with van der Waals surface area (Å²) >= 11 is 0. The van der Waals surface area contributed by atoms with Crippen LogP contribution in [0, 0.1) is 20.8 Å². The average Bonchev–Trinajstić information content (AvgIpc) is 2.44. The first-order valence-corrected chi connectivity index (χ1v) is 8.67. The van der Waals surface area contributed by atoms with E-state index in [1.807, 2.05) is 19.0 Å². The summed E-state index contributed by atoms with van der Waals surface area (Å²) in [6.45, 7) is 8.45. The Morgan fingerprint density at radius 2 is 1.92 bits per heavy atom. The zero-order valence-electron chi connectivity index (χ0n) is 15.6. The van der Waals surface area contributed by atoms with Crippen molar-refractivity contribution in [3.05, 3.63) is 34.4 Å². The zero-order chi connectivity index (χ0) is 17.9. The molecule has 1 heterocycles. The van der Waals surface area contributed by atoms with E-state index in [4.69, 9.17) is 0 Å². The number of hydrogen-bond acceptors (Lipinski definition) is 3. The molecular weight excluding hydrogens is 302 g/mol. The smallest absolute Gasteiger partial charge is 0.317 e. The maximum atomic E-state index is 12.5. The van der Waals surface area contributed by atoms with Crippen molar-refractivity contribution in [3.63, 3.8) is 0 Å². The van der Waals surface area contributed by atoms with E-state index in [2.05, 4.69) is 38.2 Å². The first-order chi connectivity index (χ1) is 11.2. The molecule has 1 aromatic carbocycles. The van der Waals surface area contributed by atoms with Gasteiger partial charge in [-0.3, -0.25) is 0 Å². The summed E-state index contributed by atoms with van der Waals surface area (Å²) in [5.41, 5.74) is 4.01. The van der Waals surface area contributed by atoms with Gasteiger partial charge in [0.1, 0.15) is 0 Å². The van der Waals surface area contributed by atoms with E-state index < -0.39 is 5.60 Å². The Morgan fingerprint density at radius 3 is 2.50 bits per heavy atom. The number of nitrogens with zero attached hydrogens (tertiary/aromatic N) is 2. The van der Waals surface area contributed by atoms with Crippen LogP contribution in [0.3, 0.4) is 0 Å². The topological polar surface area (TPSA) is 55.8 Å². The number of nitrogens with one attached hydrogen (secondary N) is 1. The number of hydrogen-bond donors (Lipinski definition) is 2. The van der Waals surface area contributed by atoms with Crippen molar-refractivity contribution >= 4 is 6.03 Å². The van der Waals surface area contributed by atoms with Crippen molar-refractivity contribution in [1.82, 2.24) is 15.1 Å². The Balaban J connectivity index is 1.98. The van der Waals surface area contributed by atoms with Crippen LogP contribution in [0.2, 0.25) is 0 Å². The minimum atomic E-state index is -0.811. The molecule has 1 saturated heterocycles. The zero-order valence-corrected chi connectivity index (χ0v) is 15.6. The summed E-state index contributed by atoms with van der Waals surface area (Å²) in [5.74, 6) is 0. The van der Waals surface area contributed by atoms with Crippen LogP contribution < -0.4 is 5.32 Å². The minimum absolute atomic E-state index is 0.0914. The molecule has 0 radical (unpaired) electrons. The molecule has 1 aromatic rings. The van der Waals surface area contributed by atoms with E-state index in [9.17, 15) is 9.90 Å². The lowest BCUT2D eigenvalue weighted by Gasteiger charge is -2.40. The Labute approximate surface area is 145 Å². The highest BCUT2D eigenvalue weighted by Crippen LogP contribution is 2.22. The Morgan fingerprint density at radius 1 is 1.29 bits per heavy atom. The number of likely N-dealkylation sites (tertiary alicyclic amines) is 1. The fourth-order valence-corrected chi connectivity index (χ4v) is 3.77. The van der Waals surface area contributed by atoms with Crippen molar-refractivity contribution in [3.8, 4) is 0 Å². The second-order valence-electron chi connectivity index (χ2n) is 7.52. The van der Waals surface area contributed by atoms with Crippen LogP contribution in [0.5, 0.6) is 0 Å². The Kier molecular flexibility index (Phi) is 5.88. The summed E-state index contributed by atoms with van der Waals surface area (Å²) in [6, 6.07) is 4.20. The highest BCUT2D eigenvalue weighted by Gasteiger charge is 2.35. The quantitative estimate of drug-likeness (QED) is 0.888. The number of aliphatic hydroxyl groups is 1. The fourth-order valence-electron chi connectivity index (χ4n) is 3.77. The van der Waals surface area contributed by atoms with Crippen LogP contribution in [0.25, 0.3) is 0 Å². The standard InChI is InChI=1S/C19H31N3O2/c1-14-9-15(2)17(16(3)10-14)11-20-18(23)22-8-6-7-19(24,13-22)12-21(4)5/h9-10,24H,6-8,11-13H2,1-5H3,(H,20,23). The van der Waals surface area contributed by atoms with E-state index >= 15 is 0 Å². The monoisotopic (exact) mass is 333 g/mol.